The van der Waals surface area contributed by atoms with Crippen LogP contribution in [0.3, 0.4) is 0 Å². The van der Waals surface area contributed by atoms with Crippen molar-refractivity contribution in [1.29, 1.82) is 5.26 Å². The molecule has 38 heavy (non-hydrogen) atoms. The van der Waals surface area contributed by atoms with Crippen molar-refractivity contribution >= 4 is 15.7 Å². The number of carbonyl (C=O) groups is 1. The Kier molecular flexibility index (Phi) is 7.57. The zero-order valence-electron chi connectivity index (χ0n) is 19.7. The summed E-state index contributed by atoms with van der Waals surface area (Å²) in [5.41, 5.74) is -1.10. The lowest BCUT2D eigenvalue weighted by atomic mass is 10.0. The van der Waals surface area contributed by atoms with Gasteiger partial charge in [0.2, 0.25) is 5.91 Å². The number of aromatic nitrogens is 1. The molecular formula is C25H22F4N4O4S. The van der Waals surface area contributed by atoms with Gasteiger partial charge in [0.15, 0.2) is 22.0 Å². The second-order valence-electron chi connectivity index (χ2n) is 8.98. The Morgan fingerprint density at radius 1 is 1.13 bits per heavy atom. The van der Waals surface area contributed by atoms with Crippen molar-refractivity contribution in [2.75, 3.05) is 5.75 Å². The highest BCUT2D eigenvalue weighted by atomic mass is 32.2. The fourth-order valence-electron chi connectivity index (χ4n) is 3.87. The smallest absolute Gasteiger partial charge is 0.407 e. The molecule has 1 aliphatic rings. The van der Waals surface area contributed by atoms with Crippen LogP contribution in [-0.2, 0) is 20.4 Å². The number of sulfone groups is 1. The molecule has 1 saturated carbocycles. The topological polar surface area (TPSA) is 125 Å². The minimum atomic E-state index is -4.96. The summed E-state index contributed by atoms with van der Waals surface area (Å²) in [5, 5.41) is 13.8. The van der Waals surface area contributed by atoms with Gasteiger partial charge in [0.05, 0.1) is 17.6 Å². The minimum Gasteiger partial charge on any atom is -0.443 e. The Balaban J connectivity index is 1.62. The summed E-state index contributed by atoms with van der Waals surface area (Å²) in [4.78, 5) is 17.0. The molecule has 0 bridgehead atoms. The zero-order chi connectivity index (χ0) is 27.6. The largest absolute Gasteiger partial charge is 0.443 e. The maximum atomic E-state index is 14.0. The Morgan fingerprint density at radius 3 is 2.37 bits per heavy atom. The number of amides is 1. The third kappa shape index (κ3) is 6.56. The van der Waals surface area contributed by atoms with Crippen molar-refractivity contribution in [3.8, 4) is 17.4 Å². The second kappa shape index (κ2) is 10.5. The molecule has 0 aliphatic heterocycles. The van der Waals surface area contributed by atoms with Gasteiger partial charge in [0.1, 0.15) is 29.1 Å². The van der Waals surface area contributed by atoms with Crippen LogP contribution in [-0.4, -0.2) is 42.8 Å². The molecule has 2 aromatic carbocycles. The average Bonchev–Trinajstić information content (AvgIpc) is 3.49. The first kappa shape index (κ1) is 27.3. The van der Waals surface area contributed by atoms with E-state index in [-0.39, 0.29) is 24.3 Å². The summed E-state index contributed by atoms with van der Waals surface area (Å²) < 4.78 is 87.0. The van der Waals surface area contributed by atoms with Gasteiger partial charge in [-0.05, 0) is 30.5 Å². The molecular weight excluding hydrogens is 528 g/mol. The van der Waals surface area contributed by atoms with E-state index >= 15 is 0 Å². The van der Waals surface area contributed by atoms with E-state index in [1.165, 1.54) is 0 Å². The first-order valence-electron chi connectivity index (χ1n) is 11.4. The van der Waals surface area contributed by atoms with Crippen LogP contribution in [0.2, 0.25) is 0 Å². The van der Waals surface area contributed by atoms with Gasteiger partial charge in [-0.1, -0.05) is 42.5 Å². The highest BCUT2D eigenvalue weighted by molar-refractivity contribution is 7.90. The molecule has 1 aromatic heterocycles. The number of benzene rings is 2. The van der Waals surface area contributed by atoms with Crippen LogP contribution in [0, 0.1) is 17.1 Å². The van der Waals surface area contributed by atoms with E-state index in [2.05, 4.69) is 15.6 Å². The van der Waals surface area contributed by atoms with E-state index in [4.69, 9.17) is 4.42 Å². The fourth-order valence-corrected chi connectivity index (χ4v) is 5.36. The van der Waals surface area contributed by atoms with Crippen LogP contribution in [0.15, 0.2) is 65.4 Å². The van der Waals surface area contributed by atoms with E-state index in [1.54, 1.807) is 30.3 Å². The molecule has 1 amide bonds. The Labute approximate surface area is 215 Å². The number of rotatable bonds is 10. The van der Waals surface area contributed by atoms with Crippen LogP contribution >= 0.6 is 0 Å². The summed E-state index contributed by atoms with van der Waals surface area (Å²) >= 11 is 0. The highest BCUT2D eigenvalue weighted by Gasteiger charge is 2.48. The molecule has 3 aromatic rings. The Morgan fingerprint density at radius 2 is 1.79 bits per heavy atom. The molecule has 13 heteroatoms. The lowest BCUT2D eigenvalue weighted by molar-refractivity contribution is -0.160. The molecule has 8 nitrogen and oxygen atoms in total. The number of nitrogens with zero attached hydrogens (tertiary/aromatic N) is 2. The van der Waals surface area contributed by atoms with Crippen molar-refractivity contribution in [3.63, 3.8) is 0 Å². The van der Waals surface area contributed by atoms with Gasteiger partial charge in [-0.25, -0.2) is 17.8 Å². The number of hydrogen-bond donors (Lipinski definition) is 2. The van der Waals surface area contributed by atoms with Crippen molar-refractivity contribution in [2.24, 2.45) is 0 Å². The van der Waals surface area contributed by atoms with Gasteiger partial charge in [-0.3, -0.25) is 10.1 Å². The number of alkyl halides is 3. The van der Waals surface area contributed by atoms with Crippen LogP contribution < -0.4 is 10.6 Å². The normalized spacial score (nSPS) is 16.3. The molecule has 200 valence electrons. The Hall–Kier alpha value is -3.76. The third-order valence-corrected chi connectivity index (χ3v) is 7.55. The predicted molar refractivity (Wildman–Crippen MR) is 127 cm³/mol. The van der Waals surface area contributed by atoms with Gasteiger partial charge in [-0.2, -0.15) is 18.4 Å². The van der Waals surface area contributed by atoms with E-state index in [0.717, 1.165) is 30.7 Å². The van der Waals surface area contributed by atoms with Gasteiger partial charge in [-0.15, -0.1) is 0 Å². The SMILES string of the molecule is N#CC1(NC(=O)C(CS(=O)(=O)Cc2ncoc2-c2ccccc2)N[C@H](c2ccc(F)cc2)C(F)(F)F)CC1. The van der Waals surface area contributed by atoms with Crippen molar-refractivity contribution in [3.05, 3.63) is 78.1 Å². The lowest BCUT2D eigenvalue weighted by Gasteiger charge is -2.28. The highest BCUT2D eigenvalue weighted by Crippen LogP contribution is 2.36. The molecule has 1 unspecified atom stereocenters. The molecule has 1 aliphatic carbocycles. The number of nitriles is 1. The second-order valence-corrected chi connectivity index (χ2v) is 11.1. The van der Waals surface area contributed by atoms with Crippen LogP contribution in [0.4, 0.5) is 17.6 Å². The molecule has 2 N–H and O–H groups in total. The predicted octanol–water partition coefficient (Wildman–Crippen LogP) is 3.83. The van der Waals surface area contributed by atoms with E-state index in [9.17, 15) is 36.0 Å². The van der Waals surface area contributed by atoms with Gasteiger partial charge >= 0.3 is 6.18 Å². The van der Waals surface area contributed by atoms with Crippen molar-refractivity contribution in [2.45, 2.75) is 42.4 Å². The summed E-state index contributed by atoms with van der Waals surface area (Å²) in [6.07, 6.45) is -3.34. The van der Waals surface area contributed by atoms with E-state index < -0.39 is 62.4 Å². The standard InChI is InChI=1S/C25H22F4N4O4S/c26-18-8-6-17(7-9-18)22(25(27,28)29)32-20(23(34)33-24(14-30)10-11-24)13-38(35,36)12-19-21(37-15-31-19)16-4-2-1-3-5-16/h1-9,15,20,22,32H,10-13H2,(H,33,34)/t20?,22-/m1/s1. The van der Waals surface area contributed by atoms with Gasteiger partial charge < -0.3 is 9.73 Å². The average molecular weight is 551 g/mol. The molecule has 0 radical (unpaired) electrons. The Bertz CT molecular complexity index is 1430. The van der Waals surface area contributed by atoms with Gasteiger partial charge in [0.25, 0.3) is 0 Å². The first-order chi connectivity index (χ1) is 17.9. The monoisotopic (exact) mass is 550 g/mol. The number of nitrogens with one attached hydrogen (secondary N) is 2. The molecule has 4 rings (SSSR count). The van der Waals surface area contributed by atoms with Crippen molar-refractivity contribution < 1.29 is 35.2 Å². The maximum Gasteiger partial charge on any atom is 0.407 e. The number of oxazole rings is 1. The van der Waals surface area contributed by atoms with Crippen LogP contribution in [0.1, 0.15) is 30.1 Å². The van der Waals surface area contributed by atoms with Crippen LogP contribution in [0.25, 0.3) is 11.3 Å². The number of halogens is 4. The quantitative estimate of drug-likeness (QED) is 0.368. The molecule has 1 fully saturated rings. The maximum absolute atomic E-state index is 14.0. The van der Waals surface area contributed by atoms with Gasteiger partial charge in [0, 0.05) is 5.56 Å². The summed E-state index contributed by atoms with van der Waals surface area (Å²) in [6, 6.07) is 9.44. The summed E-state index contributed by atoms with van der Waals surface area (Å²) in [5.74, 6) is -3.42. The number of hydrogen-bond acceptors (Lipinski definition) is 7. The molecule has 0 saturated heterocycles. The van der Waals surface area contributed by atoms with Crippen LogP contribution in [0.5, 0.6) is 0 Å². The van der Waals surface area contributed by atoms with E-state index in [1.807, 2.05) is 6.07 Å². The van der Waals surface area contributed by atoms with E-state index in [0.29, 0.717) is 5.56 Å². The molecule has 2 atom stereocenters. The third-order valence-electron chi connectivity index (χ3n) is 6.00. The lowest BCUT2D eigenvalue weighted by Crippen LogP contribution is -2.54. The summed E-state index contributed by atoms with van der Waals surface area (Å²) in [6.45, 7) is 0. The first-order valence-corrected chi connectivity index (χ1v) is 13.2. The van der Waals surface area contributed by atoms with Crippen molar-refractivity contribution in [1.82, 2.24) is 15.6 Å². The molecule has 0 spiro atoms. The molecule has 1 heterocycles. The summed E-state index contributed by atoms with van der Waals surface area (Å²) in [7, 11) is -4.26. The minimum absolute atomic E-state index is 0.0250. The number of carbonyl (C=O) groups excluding carboxylic acids is 1. The fraction of sp³-hybridized carbons (Fsp3) is 0.320. The zero-order valence-corrected chi connectivity index (χ0v) is 20.5.